The Labute approximate surface area is 152 Å². The van der Waals surface area contributed by atoms with Gasteiger partial charge in [-0.05, 0) is 50.1 Å². The molecule has 0 aliphatic carbocycles. The summed E-state index contributed by atoms with van der Waals surface area (Å²) < 4.78 is 19.0. The predicted molar refractivity (Wildman–Crippen MR) is 99.9 cm³/mol. The largest absolute Gasteiger partial charge is 0.376 e. The van der Waals surface area contributed by atoms with Crippen molar-refractivity contribution in [2.45, 2.75) is 25.9 Å². The molecule has 5 nitrogen and oxygen atoms in total. The number of amides is 1. The normalized spacial score (nSPS) is 17.2. The average molecular weight is 355 g/mol. The first-order chi connectivity index (χ1) is 12.6. The number of halogens is 1. The third-order valence-corrected chi connectivity index (χ3v) is 4.08. The lowest BCUT2D eigenvalue weighted by molar-refractivity contribution is 0.0975. The van der Waals surface area contributed by atoms with Crippen LogP contribution in [0.5, 0.6) is 0 Å². The smallest absolute Gasteiger partial charge is 0.257 e. The van der Waals surface area contributed by atoms with Crippen LogP contribution in [0.3, 0.4) is 0 Å². The Kier molecular flexibility index (Phi) is 5.96. The summed E-state index contributed by atoms with van der Waals surface area (Å²) in [5.74, 6) is -0.361. The number of carbonyl (C=O) groups is 1. The molecular weight excluding hydrogens is 333 g/mol. The highest BCUT2D eigenvalue weighted by Gasteiger charge is 2.16. The van der Waals surface area contributed by atoms with Gasteiger partial charge in [-0.3, -0.25) is 10.1 Å². The number of carbonyl (C=O) groups excluding carboxylic acids is 1. The number of anilines is 1. The Hall–Kier alpha value is -2.73. The number of guanidine groups is 1. The van der Waals surface area contributed by atoms with E-state index in [2.05, 4.69) is 15.6 Å². The summed E-state index contributed by atoms with van der Waals surface area (Å²) in [4.78, 5) is 17.0. The molecule has 2 N–H and O–H groups in total. The highest BCUT2D eigenvalue weighted by molar-refractivity contribution is 6.10. The molecule has 1 amide bonds. The van der Waals surface area contributed by atoms with Gasteiger partial charge in [-0.15, -0.1) is 0 Å². The maximum Gasteiger partial charge on any atom is 0.257 e. The highest BCUT2D eigenvalue weighted by atomic mass is 19.1. The number of nitrogens with zero attached hydrogens (tertiary/aromatic N) is 1. The van der Waals surface area contributed by atoms with Crippen LogP contribution in [0, 0.1) is 12.7 Å². The average Bonchev–Trinajstić information content (AvgIpc) is 3.13. The lowest BCUT2D eigenvalue weighted by Crippen LogP contribution is -2.36. The molecule has 3 rings (SSSR count). The van der Waals surface area contributed by atoms with E-state index in [-0.39, 0.29) is 23.8 Å². The van der Waals surface area contributed by atoms with E-state index in [0.717, 1.165) is 25.0 Å². The lowest BCUT2D eigenvalue weighted by Gasteiger charge is -2.13. The van der Waals surface area contributed by atoms with E-state index in [0.29, 0.717) is 17.8 Å². The lowest BCUT2D eigenvalue weighted by atomic mass is 10.1. The molecule has 0 bridgehead atoms. The Morgan fingerprint density at radius 2 is 2.12 bits per heavy atom. The molecule has 136 valence electrons. The summed E-state index contributed by atoms with van der Waals surface area (Å²) >= 11 is 0. The SMILES string of the molecule is Cc1cccc(C(=O)NC(=NC[C@H]2CCCO2)Nc2cccc(F)c2)c1. The molecule has 1 saturated heterocycles. The zero-order valence-corrected chi connectivity index (χ0v) is 14.7. The minimum absolute atomic E-state index is 0.0511. The third-order valence-electron chi connectivity index (χ3n) is 4.08. The molecule has 0 spiro atoms. The van der Waals surface area contributed by atoms with Crippen LogP contribution in [0.1, 0.15) is 28.8 Å². The molecule has 0 radical (unpaired) electrons. The molecule has 0 unspecified atom stereocenters. The first kappa shape index (κ1) is 18.1. The minimum Gasteiger partial charge on any atom is -0.376 e. The van der Waals surface area contributed by atoms with E-state index in [1.807, 2.05) is 19.1 Å². The van der Waals surface area contributed by atoms with E-state index in [9.17, 15) is 9.18 Å². The van der Waals surface area contributed by atoms with E-state index in [1.54, 1.807) is 24.3 Å². The number of benzene rings is 2. The van der Waals surface area contributed by atoms with Gasteiger partial charge in [-0.25, -0.2) is 9.38 Å². The molecule has 1 aliphatic heterocycles. The third kappa shape index (κ3) is 5.13. The number of aryl methyl sites for hydroxylation is 1. The van der Waals surface area contributed by atoms with E-state index in [1.165, 1.54) is 12.1 Å². The van der Waals surface area contributed by atoms with Crippen molar-refractivity contribution in [3.63, 3.8) is 0 Å². The molecule has 1 aliphatic rings. The van der Waals surface area contributed by atoms with Gasteiger partial charge in [0.25, 0.3) is 5.91 Å². The van der Waals surface area contributed by atoms with Crippen molar-refractivity contribution >= 4 is 17.6 Å². The van der Waals surface area contributed by atoms with Crippen molar-refractivity contribution < 1.29 is 13.9 Å². The Morgan fingerprint density at radius 3 is 2.85 bits per heavy atom. The predicted octanol–water partition coefficient (Wildman–Crippen LogP) is 3.51. The summed E-state index contributed by atoms with van der Waals surface area (Å²) in [7, 11) is 0. The second-order valence-corrected chi connectivity index (χ2v) is 6.28. The summed E-state index contributed by atoms with van der Waals surface area (Å²) in [5.41, 5.74) is 2.05. The van der Waals surface area contributed by atoms with Crippen molar-refractivity contribution in [2.75, 3.05) is 18.5 Å². The molecule has 1 fully saturated rings. The Morgan fingerprint density at radius 1 is 1.27 bits per heavy atom. The standard InChI is InChI=1S/C20H22FN3O2/c1-14-5-2-6-15(11-14)19(25)24-20(22-13-18-9-4-10-26-18)23-17-8-3-7-16(21)12-17/h2-3,5-8,11-12,18H,4,9-10,13H2,1H3,(H2,22,23,24,25)/t18-/m1/s1. The molecule has 6 heteroatoms. The van der Waals surface area contributed by atoms with Crippen LogP contribution >= 0.6 is 0 Å². The summed E-state index contributed by atoms with van der Waals surface area (Å²) in [6.07, 6.45) is 2.01. The molecule has 2 aromatic rings. The Balaban J connectivity index is 1.75. The molecule has 2 aromatic carbocycles. The first-order valence-electron chi connectivity index (χ1n) is 8.67. The Bertz CT molecular complexity index is 801. The van der Waals surface area contributed by atoms with Crippen LogP contribution in [0.4, 0.5) is 10.1 Å². The fourth-order valence-electron chi connectivity index (χ4n) is 2.76. The van der Waals surface area contributed by atoms with Crippen LogP contribution in [0.2, 0.25) is 0 Å². The van der Waals surface area contributed by atoms with Gasteiger partial charge < -0.3 is 10.1 Å². The van der Waals surface area contributed by atoms with Crippen LogP contribution in [-0.2, 0) is 4.74 Å². The van der Waals surface area contributed by atoms with Crippen molar-refractivity contribution in [3.8, 4) is 0 Å². The summed E-state index contributed by atoms with van der Waals surface area (Å²) in [6, 6.07) is 13.3. The van der Waals surface area contributed by atoms with Crippen LogP contribution in [0.15, 0.2) is 53.5 Å². The van der Waals surface area contributed by atoms with Crippen LogP contribution < -0.4 is 10.6 Å². The van der Waals surface area contributed by atoms with Crippen molar-refractivity contribution in [1.82, 2.24) is 5.32 Å². The maximum atomic E-state index is 13.4. The quantitative estimate of drug-likeness (QED) is 0.652. The van der Waals surface area contributed by atoms with Crippen molar-refractivity contribution in [3.05, 3.63) is 65.5 Å². The number of hydrogen-bond acceptors (Lipinski definition) is 3. The second-order valence-electron chi connectivity index (χ2n) is 6.28. The van der Waals surface area contributed by atoms with E-state index < -0.39 is 0 Å². The maximum absolute atomic E-state index is 13.4. The summed E-state index contributed by atoms with van der Waals surface area (Å²) in [5, 5.41) is 5.76. The molecule has 26 heavy (non-hydrogen) atoms. The van der Waals surface area contributed by atoms with Crippen molar-refractivity contribution in [1.29, 1.82) is 0 Å². The fourth-order valence-corrected chi connectivity index (χ4v) is 2.76. The zero-order valence-electron chi connectivity index (χ0n) is 14.7. The van der Waals surface area contributed by atoms with Crippen molar-refractivity contribution in [2.24, 2.45) is 4.99 Å². The van der Waals surface area contributed by atoms with Gasteiger partial charge in [0, 0.05) is 17.9 Å². The monoisotopic (exact) mass is 355 g/mol. The van der Waals surface area contributed by atoms with Crippen LogP contribution in [0.25, 0.3) is 0 Å². The fraction of sp³-hybridized carbons (Fsp3) is 0.300. The van der Waals surface area contributed by atoms with Gasteiger partial charge in [-0.2, -0.15) is 0 Å². The number of aliphatic imine (C=N–C) groups is 1. The molecular formula is C20H22FN3O2. The molecule has 0 aromatic heterocycles. The number of ether oxygens (including phenoxy) is 1. The van der Waals surface area contributed by atoms with Gasteiger partial charge >= 0.3 is 0 Å². The number of nitrogens with one attached hydrogen (secondary N) is 2. The molecule has 1 heterocycles. The molecule has 0 saturated carbocycles. The van der Waals surface area contributed by atoms with E-state index in [4.69, 9.17) is 4.74 Å². The van der Waals surface area contributed by atoms with Gasteiger partial charge in [0.1, 0.15) is 5.82 Å². The zero-order chi connectivity index (χ0) is 18.4. The molecule has 1 atom stereocenters. The second kappa shape index (κ2) is 8.58. The topological polar surface area (TPSA) is 62.7 Å². The van der Waals surface area contributed by atoms with Crippen LogP contribution in [-0.4, -0.2) is 31.1 Å². The van der Waals surface area contributed by atoms with E-state index >= 15 is 0 Å². The minimum atomic E-state index is -0.363. The summed E-state index contributed by atoms with van der Waals surface area (Å²) in [6.45, 7) is 3.10. The number of rotatable bonds is 4. The van der Waals surface area contributed by atoms with Gasteiger partial charge in [0.05, 0.1) is 12.6 Å². The highest BCUT2D eigenvalue weighted by Crippen LogP contribution is 2.13. The van der Waals surface area contributed by atoms with Gasteiger partial charge in [0.15, 0.2) is 0 Å². The number of hydrogen-bond donors (Lipinski definition) is 2. The van der Waals surface area contributed by atoms with Gasteiger partial charge in [0.2, 0.25) is 5.96 Å². The first-order valence-corrected chi connectivity index (χ1v) is 8.67. The van der Waals surface area contributed by atoms with Gasteiger partial charge in [-0.1, -0.05) is 23.8 Å².